The maximum absolute atomic E-state index is 14.5. The lowest BCUT2D eigenvalue weighted by atomic mass is 9.78. The zero-order valence-corrected chi connectivity index (χ0v) is 45.0. The number of aliphatic hydroxyl groups excluding tert-OH is 2. The molecule has 0 aromatic heterocycles. The number of ether oxygens (including phenoxy) is 4. The monoisotopic (exact) mass is 1030 g/mol. The van der Waals surface area contributed by atoms with E-state index >= 15 is 0 Å². The number of likely N-dealkylation sites (tertiary alicyclic amines) is 1. The number of fused-ring (bicyclic) bond motifs is 3. The number of methoxy groups -OCH3 is 2. The van der Waals surface area contributed by atoms with Crippen LogP contribution >= 0.6 is 0 Å². The van der Waals surface area contributed by atoms with Crippen LogP contribution in [0.2, 0.25) is 0 Å². The Morgan fingerprint density at radius 2 is 1.55 bits per heavy atom. The third-order valence-corrected chi connectivity index (χ3v) is 16.3. The fraction of sp³-hybridized carbons (Fsp3) is 0.750. The third kappa shape index (κ3) is 15.5. The minimum atomic E-state index is -2.59. The van der Waals surface area contributed by atoms with Crippen molar-refractivity contribution >= 4 is 35.3 Å². The van der Waals surface area contributed by atoms with Crippen molar-refractivity contribution in [2.24, 2.45) is 35.5 Å². The maximum Gasteiger partial charge on any atom is 0.344 e. The Balaban J connectivity index is 1.51. The zero-order chi connectivity index (χ0) is 53.7. The van der Waals surface area contributed by atoms with Crippen molar-refractivity contribution in [1.82, 2.24) is 14.9 Å². The molecule has 17 nitrogen and oxygen atoms in total. The fourth-order valence-corrected chi connectivity index (χ4v) is 11.5. The van der Waals surface area contributed by atoms with Crippen LogP contribution in [0.25, 0.3) is 0 Å². The van der Waals surface area contributed by atoms with Gasteiger partial charge in [0.25, 0.3) is 11.7 Å². The van der Waals surface area contributed by atoms with E-state index in [1.807, 2.05) is 26.0 Å². The molecule has 73 heavy (non-hydrogen) atoms. The summed E-state index contributed by atoms with van der Waals surface area (Å²) < 4.78 is 23.7. The smallest absolute Gasteiger partial charge is 0.344 e. The molecule has 3 amide bonds. The number of esters is 1. The molecule has 0 aromatic rings. The quantitative estimate of drug-likeness (QED) is 0.0703. The molecule has 15 atom stereocenters. The summed E-state index contributed by atoms with van der Waals surface area (Å²) >= 11 is 0. The molecule has 3 saturated heterocycles. The molecule has 5 aliphatic rings. The summed E-state index contributed by atoms with van der Waals surface area (Å²) in [6.45, 7) is 13.3. The average molecular weight is 1030 g/mol. The lowest BCUT2D eigenvalue weighted by molar-refractivity contribution is -0.266. The lowest BCUT2D eigenvalue weighted by Crippen LogP contribution is -2.61. The molecule has 0 spiro atoms. The number of nitrogens with zero attached hydrogens (tertiary/aromatic N) is 3. The second-order valence-electron chi connectivity index (χ2n) is 22.1. The number of amides is 3. The summed E-state index contributed by atoms with van der Waals surface area (Å²) in [5.74, 6) is -8.77. The molecule has 5 rings (SSSR count). The van der Waals surface area contributed by atoms with E-state index in [1.165, 1.54) is 7.11 Å². The molecular weight excluding hydrogens is 939 g/mol. The molecule has 0 aromatic carbocycles. The molecule has 4 fully saturated rings. The number of aliphatic hydroxyl groups is 3. The van der Waals surface area contributed by atoms with Crippen molar-refractivity contribution in [2.75, 3.05) is 33.9 Å². The number of ketones is 3. The minimum Gasteiger partial charge on any atom is -0.460 e. The number of cyclic esters (lactones) is 1. The Morgan fingerprint density at radius 3 is 2.23 bits per heavy atom. The average Bonchev–Trinajstić information content (AvgIpc) is 3.38. The summed E-state index contributed by atoms with van der Waals surface area (Å²) in [7, 11) is 2.92. The Morgan fingerprint density at radius 1 is 0.849 bits per heavy atom. The number of carbonyl (C=O) groups excluding carboxylic acids is 6. The summed E-state index contributed by atoms with van der Waals surface area (Å²) in [4.78, 5) is 88.0. The van der Waals surface area contributed by atoms with Gasteiger partial charge in [-0.2, -0.15) is 5.06 Å². The van der Waals surface area contributed by atoms with Crippen molar-refractivity contribution in [2.45, 2.75) is 199 Å². The number of hydrogen-bond donors (Lipinski definition) is 4. The number of hydrogen-bond acceptors (Lipinski definition) is 14. The number of allylic oxidation sites excluding steroid dienone is 6. The Labute approximate surface area is 433 Å². The lowest BCUT2D eigenvalue weighted by Gasteiger charge is -2.43. The molecule has 0 unspecified atom stereocenters. The first-order chi connectivity index (χ1) is 34.6. The van der Waals surface area contributed by atoms with Gasteiger partial charge in [0.05, 0.1) is 24.4 Å². The molecule has 1 aliphatic carbocycles. The van der Waals surface area contributed by atoms with E-state index in [-0.39, 0.29) is 67.7 Å². The topological polar surface area (TPSA) is 230 Å². The van der Waals surface area contributed by atoms with Crippen LogP contribution in [0.4, 0.5) is 4.79 Å². The van der Waals surface area contributed by atoms with Crippen LogP contribution in [0.3, 0.4) is 0 Å². The van der Waals surface area contributed by atoms with E-state index in [2.05, 4.69) is 0 Å². The van der Waals surface area contributed by atoms with Crippen LogP contribution in [0, 0.1) is 35.5 Å². The van der Waals surface area contributed by atoms with Crippen LogP contribution in [0.5, 0.6) is 0 Å². The normalized spacial score (nSPS) is 38.5. The highest BCUT2D eigenvalue weighted by Crippen LogP contribution is 2.38. The Kier molecular flexibility index (Phi) is 22.6. The van der Waals surface area contributed by atoms with E-state index in [4.69, 9.17) is 18.9 Å². The molecule has 410 valence electrons. The summed E-state index contributed by atoms with van der Waals surface area (Å²) in [5.41, 5.74) is 0.949. The van der Waals surface area contributed by atoms with E-state index in [9.17, 15) is 49.3 Å². The summed E-state index contributed by atoms with van der Waals surface area (Å²) in [6.07, 6.45) is 12.3. The van der Waals surface area contributed by atoms with E-state index in [0.29, 0.717) is 80.7 Å². The predicted octanol–water partition coefficient (Wildman–Crippen LogP) is 6.83. The predicted molar refractivity (Wildman–Crippen MR) is 273 cm³/mol. The highest BCUT2D eigenvalue weighted by molar-refractivity contribution is 6.39. The van der Waals surface area contributed by atoms with Crippen molar-refractivity contribution in [1.29, 1.82) is 0 Å². The molecule has 0 radical (unpaired) electrons. The van der Waals surface area contributed by atoms with Gasteiger partial charge in [-0.3, -0.25) is 24.4 Å². The Hall–Kier alpha value is -4.10. The highest BCUT2D eigenvalue weighted by Gasteiger charge is 2.53. The summed E-state index contributed by atoms with van der Waals surface area (Å²) in [6, 6.07) is -2.73. The molecule has 4 heterocycles. The van der Waals surface area contributed by atoms with Gasteiger partial charge in [0.15, 0.2) is 5.78 Å². The van der Waals surface area contributed by atoms with Crippen LogP contribution in [0.1, 0.15) is 145 Å². The van der Waals surface area contributed by atoms with E-state index in [0.717, 1.165) is 24.2 Å². The van der Waals surface area contributed by atoms with Crippen LogP contribution in [-0.4, -0.2) is 159 Å². The van der Waals surface area contributed by atoms with Crippen LogP contribution in [0.15, 0.2) is 47.6 Å². The second kappa shape index (κ2) is 27.6. The van der Waals surface area contributed by atoms with Crippen molar-refractivity contribution in [3.05, 3.63) is 47.6 Å². The van der Waals surface area contributed by atoms with Crippen LogP contribution < -0.4 is 0 Å². The number of Topliss-reactive ketones (excluding diaryl/α,β-unsaturated/α-hetero) is 3. The standard InChI is InChI=1S/C56H87N3O14/c1-34-18-12-10-13-19-35(2)44(59(69)55(67)57-25-15-11-16-26-57)32-42-23-21-40(7)56(68,73-42)52(64)53(65)58-27-17-14-20-43(58)54(66)72-47(37(4)30-41-22-24-45(60)48(31-41)70-8)33-46(61)36(3)29-39(6)50(63)51(71-9)49(62)38(5)28-34/h10,12-13,18-19,29,34,36-38,40-45,47-48,50-51,60,63,68-69H,11,14-17,20-28,30-33H2,1-9H3/b13-10+,18-12+,35-19+,39-29+/t34-,36-,37-,38-,40-,41+,42+,43+,44-,45-,47+,48-,50-,51+,56-/m1/s1. The number of hydroxylamine groups is 2. The SMILES string of the molecule is CO[C@@H]1C[C@H](C[C@@H](C)[C@@H]2CC(=O)[C@H](C)/C=C(\C)[C@@H](O)[C@@H](OC)C(=O)[C@H](C)C[C@H](C)/C=C/C=C/C=C(\C)[C@H](N(O)C(=O)N3CCCCC3)C[C@@H]3CC[C@@H](C)[C@@](O)(O3)C(=O)C(=O)N3CCCC[C@H]3C(=O)O2)CC[C@H]1O. The molecule has 2 bridgehead atoms. The van der Waals surface area contributed by atoms with Gasteiger partial charge in [-0.15, -0.1) is 0 Å². The van der Waals surface area contributed by atoms with Crippen molar-refractivity contribution in [3.8, 4) is 0 Å². The minimum absolute atomic E-state index is 0.0170. The summed E-state index contributed by atoms with van der Waals surface area (Å²) in [5, 5.41) is 46.6. The molecular formula is C56H87N3O14. The third-order valence-electron chi connectivity index (χ3n) is 16.3. The van der Waals surface area contributed by atoms with Gasteiger partial charge in [-0.05, 0) is 126 Å². The first-order valence-corrected chi connectivity index (χ1v) is 27.0. The van der Waals surface area contributed by atoms with Gasteiger partial charge in [-0.25, -0.2) is 9.59 Å². The van der Waals surface area contributed by atoms with Gasteiger partial charge in [0, 0.05) is 64.4 Å². The second-order valence-corrected chi connectivity index (χ2v) is 22.1. The Bertz CT molecular complexity index is 2030. The van der Waals surface area contributed by atoms with Crippen molar-refractivity contribution in [3.63, 3.8) is 0 Å². The first-order valence-electron chi connectivity index (χ1n) is 27.0. The van der Waals surface area contributed by atoms with Gasteiger partial charge >= 0.3 is 12.0 Å². The number of carbonyl (C=O) groups is 6. The fourth-order valence-electron chi connectivity index (χ4n) is 11.5. The van der Waals surface area contributed by atoms with Gasteiger partial charge in [-0.1, -0.05) is 71.1 Å². The molecule has 1 saturated carbocycles. The van der Waals surface area contributed by atoms with Crippen molar-refractivity contribution < 1.29 is 68.2 Å². The van der Waals surface area contributed by atoms with Gasteiger partial charge < -0.3 is 44.1 Å². The number of piperidine rings is 2. The van der Waals surface area contributed by atoms with Gasteiger partial charge in [0.1, 0.15) is 30.1 Å². The van der Waals surface area contributed by atoms with E-state index < -0.39 is 89.8 Å². The molecule has 17 heteroatoms. The zero-order valence-electron chi connectivity index (χ0n) is 45.0. The number of rotatable bonds is 6. The first kappa shape index (κ1) is 59.8. The largest absolute Gasteiger partial charge is 0.460 e. The highest BCUT2D eigenvalue weighted by atomic mass is 16.6. The van der Waals surface area contributed by atoms with E-state index in [1.54, 1.807) is 70.9 Å². The van der Waals surface area contributed by atoms with Crippen LogP contribution in [-0.2, 0) is 42.9 Å². The van der Waals surface area contributed by atoms with Gasteiger partial charge in [0.2, 0.25) is 5.79 Å². The molecule has 4 aliphatic heterocycles. The molecule has 4 N–H and O–H groups in total. The number of urea groups is 1. The maximum atomic E-state index is 14.5.